The molecular formula is C16H25N5OS. The summed E-state index contributed by atoms with van der Waals surface area (Å²) in [5.41, 5.74) is 6.45. The Morgan fingerprint density at radius 1 is 1.35 bits per heavy atom. The van der Waals surface area contributed by atoms with Gasteiger partial charge in [0.2, 0.25) is 5.91 Å². The molecule has 0 aromatic carbocycles. The molecule has 2 aromatic heterocycles. The van der Waals surface area contributed by atoms with E-state index in [0.717, 1.165) is 34.8 Å². The molecule has 7 heteroatoms. The lowest BCUT2D eigenvalue weighted by molar-refractivity contribution is -0.119. The van der Waals surface area contributed by atoms with Crippen molar-refractivity contribution in [3.63, 3.8) is 0 Å². The van der Waals surface area contributed by atoms with E-state index in [0.29, 0.717) is 6.54 Å². The summed E-state index contributed by atoms with van der Waals surface area (Å²) in [5, 5.41) is 13.0. The predicted octanol–water partition coefficient (Wildman–Crippen LogP) is 2.93. The van der Waals surface area contributed by atoms with E-state index in [-0.39, 0.29) is 11.9 Å². The Morgan fingerprint density at radius 2 is 2.13 bits per heavy atom. The molecule has 2 aromatic rings. The van der Waals surface area contributed by atoms with Gasteiger partial charge in [-0.3, -0.25) is 9.78 Å². The standard InChI is InChI=1S/C14H19N5OS.C2H6/c1-10(20)17-12(6-2-3-7-15)14-19-18-13(21-14)11-5-4-8-16-9-11;1-2/h4-5,8-9,12H,2-3,6-7,15H2,1H3,(H,17,20);1-2H3. The van der Waals surface area contributed by atoms with Gasteiger partial charge in [0, 0.05) is 24.9 Å². The van der Waals surface area contributed by atoms with Gasteiger partial charge in [-0.1, -0.05) is 25.2 Å². The van der Waals surface area contributed by atoms with Gasteiger partial charge in [-0.05, 0) is 37.9 Å². The molecule has 0 aliphatic rings. The van der Waals surface area contributed by atoms with Crippen LogP contribution in [0.4, 0.5) is 0 Å². The Kier molecular flexibility index (Phi) is 9.01. The highest BCUT2D eigenvalue weighted by atomic mass is 32.1. The van der Waals surface area contributed by atoms with Crippen LogP contribution in [0.5, 0.6) is 0 Å². The molecule has 0 fully saturated rings. The first-order valence-corrected chi connectivity index (χ1v) is 8.73. The second-order valence-electron chi connectivity index (χ2n) is 4.72. The van der Waals surface area contributed by atoms with Crippen molar-refractivity contribution < 1.29 is 4.79 Å². The zero-order chi connectivity index (χ0) is 17.1. The van der Waals surface area contributed by atoms with Crippen LogP contribution in [0.25, 0.3) is 10.6 Å². The molecule has 0 aliphatic heterocycles. The van der Waals surface area contributed by atoms with Crippen molar-refractivity contribution in [1.29, 1.82) is 0 Å². The van der Waals surface area contributed by atoms with Gasteiger partial charge in [-0.15, -0.1) is 10.2 Å². The van der Waals surface area contributed by atoms with Crippen molar-refractivity contribution in [3.8, 4) is 10.6 Å². The summed E-state index contributed by atoms with van der Waals surface area (Å²) in [7, 11) is 0. The number of rotatable bonds is 7. The van der Waals surface area contributed by atoms with Crippen molar-refractivity contribution in [2.45, 2.75) is 46.1 Å². The second kappa shape index (κ2) is 10.8. The van der Waals surface area contributed by atoms with Crippen LogP contribution >= 0.6 is 11.3 Å². The number of aromatic nitrogens is 3. The van der Waals surface area contributed by atoms with Gasteiger partial charge in [0.05, 0.1) is 6.04 Å². The minimum Gasteiger partial charge on any atom is -0.347 e. The van der Waals surface area contributed by atoms with Gasteiger partial charge in [-0.25, -0.2) is 0 Å². The molecule has 2 heterocycles. The Morgan fingerprint density at radius 3 is 2.74 bits per heavy atom. The molecule has 23 heavy (non-hydrogen) atoms. The summed E-state index contributed by atoms with van der Waals surface area (Å²) < 4.78 is 0. The number of nitrogens with two attached hydrogens (primary N) is 1. The van der Waals surface area contributed by atoms with Crippen LogP contribution in [-0.4, -0.2) is 27.6 Å². The normalized spacial score (nSPS) is 11.3. The van der Waals surface area contributed by atoms with Gasteiger partial charge in [-0.2, -0.15) is 0 Å². The van der Waals surface area contributed by atoms with Gasteiger partial charge in [0.25, 0.3) is 0 Å². The minimum absolute atomic E-state index is 0.0640. The maximum Gasteiger partial charge on any atom is 0.217 e. The molecule has 0 saturated heterocycles. The highest BCUT2D eigenvalue weighted by Gasteiger charge is 2.18. The number of hydrogen-bond donors (Lipinski definition) is 2. The Labute approximate surface area is 141 Å². The summed E-state index contributed by atoms with van der Waals surface area (Å²) >= 11 is 1.49. The van der Waals surface area contributed by atoms with Crippen LogP contribution in [0.2, 0.25) is 0 Å². The van der Waals surface area contributed by atoms with Gasteiger partial charge in [0.1, 0.15) is 10.0 Å². The lowest BCUT2D eigenvalue weighted by Gasteiger charge is -2.14. The molecule has 1 unspecified atom stereocenters. The molecule has 0 spiro atoms. The summed E-state index contributed by atoms with van der Waals surface area (Å²) in [4.78, 5) is 15.4. The fourth-order valence-corrected chi connectivity index (χ4v) is 2.90. The third-order valence-electron chi connectivity index (χ3n) is 2.97. The smallest absolute Gasteiger partial charge is 0.217 e. The number of pyridine rings is 1. The number of amides is 1. The summed E-state index contributed by atoms with van der Waals surface area (Å²) in [5.74, 6) is -0.0640. The molecule has 1 amide bonds. The first-order valence-electron chi connectivity index (χ1n) is 7.91. The maximum atomic E-state index is 11.3. The fourth-order valence-electron chi connectivity index (χ4n) is 1.98. The predicted molar refractivity (Wildman–Crippen MR) is 94.0 cm³/mol. The maximum absolute atomic E-state index is 11.3. The molecular weight excluding hydrogens is 310 g/mol. The van der Waals surface area contributed by atoms with Crippen LogP contribution < -0.4 is 11.1 Å². The average Bonchev–Trinajstić information content (AvgIpc) is 3.06. The molecule has 0 aliphatic carbocycles. The van der Waals surface area contributed by atoms with Gasteiger partial charge in [0.15, 0.2) is 0 Å². The zero-order valence-corrected chi connectivity index (χ0v) is 14.8. The fraction of sp³-hybridized carbons (Fsp3) is 0.500. The molecule has 0 saturated carbocycles. The molecule has 3 N–H and O–H groups in total. The molecule has 0 bridgehead atoms. The average molecular weight is 335 g/mol. The van der Waals surface area contributed by atoms with Crippen LogP contribution in [-0.2, 0) is 4.79 Å². The summed E-state index contributed by atoms with van der Waals surface area (Å²) in [6.45, 7) is 6.17. The Hall–Kier alpha value is -1.86. The summed E-state index contributed by atoms with van der Waals surface area (Å²) in [6.07, 6.45) is 6.18. The van der Waals surface area contributed by atoms with E-state index in [1.165, 1.54) is 18.3 Å². The number of carbonyl (C=O) groups excluding carboxylic acids is 1. The topological polar surface area (TPSA) is 93.8 Å². The van der Waals surface area contributed by atoms with Crippen LogP contribution in [0.15, 0.2) is 24.5 Å². The van der Waals surface area contributed by atoms with E-state index in [1.807, 2.05) is 26.0 Å². The third kappa shape index (κ3) is 6.42. The third-order valence-corrected chi connectivity index (χ3v) is 4.06. The van der Waals surface area contributed by atoms with Crippen LogP contribution in [0.1, 0.15) is 51.1 Å². The number of nitrogens with zero attached hydrogens (tertiary/aromatic N) is 3. The first-order chi connectivity index (χ1) is 11.2. The van der Waals surface area contributed by atoms with E-state index >= 15 is 0 Å². The van der Waals surface area contributed by atoms with Crippen molar-refractivity contribution in [2.24, 2.45) is 5.73 Å². The monoisotopic (exact) mass is 335 g/mol. The number of unbranched alkanes of at least 4 members (excludes halogenated alkanes) is 1. The minimum atomic E-state index is -0.100. The molecule has 2 rings (SSSR count). The number of carbonyl (C=O) groups is 1. The van der Waals surface area contributed by atoms with Crippen LogP contribution in [0.3, 0.4) is 0 Å². The highest BCUT2D eigenvalue weighted by Crippen LogP contribution is 2.28. The molecule has 0 radical (unpaired) electrons. The van der Waals surface area contributed by atoms with Crippen molar-refractivity contribution in [1.82, 2.24) is 20.5 Å². The van der Waals surface area contributed by atoms with E-state index in [4.69, 9.17) is 5.73 Å². The van der Waals surface area contributed by atoms with Crippen molar-refractivity contribution in [3.05, 3.63) is 29.5 Å². The molecule has 126 valence electrons. The second-order valence-corrected chi connectivity index (χ2v) is 5.73. The highest BCUT2D eigenvalue weighted by molar-refractivity contribution is 7.14. The Balaban J connectivity index is 0.00000127. The quantitative estimate of drug-likeness (QED) is 0.759. The lowest BCUT2D eigenvalue weighted by atomic mass is 10.1. The lowest BCUT2D eigenvalue weighted by Crippen LogP contribution is -2.26. The molecule has 1 atom stereocenters. The van der Waals surface area contributed by atoms with E-state index in [9.17, 15) is 4.79 Å². The first kappa shape index (κ1) is 19.2. The largest absolute Gasteiger partial charge is 0.347 e. The number of nitrogens with one attached hydrogen (secondary N) is 1. The van der Waals surface area contributed by atoms with Gasteiger partial charge < -0.3 is 11.1 Å². The molecule has 6 nitrogen and oxygen atoms in total. The van der Waals surface area contributed by atoms with Crippen LogP contribution in [0, 0.1) is 0 Å². The Bertz CT molecular complexity index is 573. The van der Waals surface area contributed by atoms with E-state index in [1.54, 1.807) is 12.4 Å². The zero-order valence-electron chi connectivity index (χ0n) is 14.0. The SMILES string of the molecule is CC.CC(=O)NC(CCCCN)c1nnc(-c2cccnc2)s1. The van der Waals surface area contributed by atoms with E-state index in [2.05, 4.69) is 20.5 Å². The number of hydrogen-bond acceptors (Lipinski definition) is 6. The van der Waals surface area contributed by atoms with Gasteiger partial charge >= 0.3 is 0 Å². The van der Waals surface area contributed by atoms with Crippen molar-refractivity contribution >= 4 is 17.2 Å². The van der Waals surface area contributed by atoms with E-state index < -0.39 is 0 Å². The summed E-state index contributed by atoms with van der Waals surface area (Å²) in [6, 6.07) is 3.71. The van der Waals surface area contributed by atoms with Crippen molar-refractivity contribution in [2.75, 3.05) is 6.54 Å².